The topological polar surface area (TPSA) is 45.9 Å². The fraction of sp³-hybridized carbons (Fsp3) is 0.0769. The highest BCUT2D eigenvalue weighted by atomic mass is 79.9. The van der Waals surface area contributed by atoms with E-state index >= 15 is 0 Å². The molecule has 0 amide bonds. The minimum atomic E-state index is -0.402. The molecule has 18 heavy (non-hydrogen) atoms. The largest absolute Gasteiger partial charge is 0.438 e. The first kappa shape index (κ1) is 12.5. The molecule has 0 bridgehead atoms. The zero-order chi connectivity index (χ0) is 13.1. The number of aryl methyl sites for hydroxylation is 1. The Balaban J connectivity index is 2.37. The highest BCUT2D eigenvalue weighted by Crippen LogP contribution is 2.29. The van der Waals surface area contributed by atoms with Gasteiger partial charge in [0, 0.05) is 17.8 Å². The van der Waals surface area contributed by atoms with Gasteiger partial charge in [0.25, 0.3) is 0 Å². The van der Waals surface area contributed by atoms with Gasteiger partial charge in [-0.2, -0.15) is 5.26 Å². The molecule has 0 atom stereocenters. The Hall–Kier alpha value is -1.93. The molecule has 0 saturated carbocycles. The molecule has 1 heterocycles. The quantitative estimate of drug-likeness (QED) is 0.843. The van der Waals surface area contributed by atoms with E-state index in [1.165, 1.54) is 18.2 Å². The SMILES string of the molecule is Cc1cc(C#N)cc(Oc2cc(F)ccc2Br)n1. The van der Waals surface area contributed by atoms with Crippen LogP contribution in [0.5, 0.6) is 11.6 Å². The lowest BCUT2D eigenvalue weighted by Crippen LogP contribution is -1.93. The molecule has 0 fully saturated rings. The average molecular weight is 307 g/mol. The van der Waals surface area contributed by atoms with E-state index in [1.54, 1.807) is 19.1 Å². The first-order chi connectivity index (χ1) is 8.58. The molecule has 1 aromatic heterocycles. The van der Waals surface area contributed by atoms with Crippen LogP contribution in [0.3, 0.4) is 0 Å². The second-order valence-electron chi connectivity index (χ2n) is 3.62. The first-order valence-electron chi connectivity index (χ1n) is 5.10. The number of halogens is 2. The molecule has 0 aliphatic heterocycles. The first-order valence-corrected chi connectivity index (χ1v) is 5.89. The minimum Gasteiger partial charge on any atom is -0.438 e. The Morgan fingerprint density at radius 3 is 2.83 bits per heavy atom. The molecular formula is C13H8BrFN2O. The maximum atomic E-state index is 13.1. The molecule has 0 spiro atoms. The molecule has 5 heteroatoms. The third kappa shape index (κ3) is 2.84. The average Bonchev–Trinajstić information content (AvgIpc) is 2.33. The van der Waals surface area contributed by atoms with Crippen LogP contribution in [0.4, 0.5) is 4.39 Å². The van der Waals surface area contributed by atoms with Crippen molar-refractivity contribution in [2.24, 2.45) is 0 Å². The lowest BCUT2D eigenvalue weighted by atomic mass is 10.2. The summed E-state index contributed by atoms with van der Waals surface area (Å²) in [5, 5.41) is 8.85. The van der Waals surface area contributed by atoms with E-state index in [1.807, 2.05) is 6.07 Å². The number of hydrogen-bond acceptors (Lipinski definition) is 3. The number of pyridine rings is 1. The van der Waals surface area contributed by atoms with Gasteiger partial charge < -0.3 is 4.74 Å². The third-order valence-electron chi connectivity index (χ3n) is 2.17. The number of hydrogen-bond donors (Lipinski definition) is 0. The van der Waals surface area contributed by atoms with Gasteiger partial charge in [-0.25, -0.2) is 9.37 Å². The van der Waals surface area contributed by atoms with E-state index in [2.05, 4.69) is 20.9 Å². The van der Waals surface area contributed by atoms with Gasteiger partial charge in [-0.3, -0.25) is 0 Å². The Morgan fingerprint density at radius 1 is 1.33 bits per heavy atom. The fourth-order valence-corrected chi connectivity index (χ4v) is 1.75. The number of aromatic nitrogens is 1. The van der Waals surface area contributed by atoms with Crippen molar-refractivity contribution in [2.75, 3.05) is 0 Å². The number of benzene rings is 1. The van der Waals surface area contributed by atoms with Crippen LogP contribution in [0.25, 0.3) is 0 Å². The van der Waals surface area contributed by atoms with Crippen LogP contribution in [0.2, 0.25) is 0 Å². The van der Waals surface area contributed by atoms with E-state index in [0.29, 0.717) is 21.5 Å². The van der Waals surface area contributed by atoms with Crippen LogP contribution in [0.15, 0.2) is 34.8 Å². The molecule has 90 valence electrons. The lowest BCUT2D eigenvalue weighted by molar-refractivity contribution is 0.454. The van der Waals surface area contributed by atoms with E-state index < -0.39 is 5.82 Å². The van der Waals surface area contributed by atoms with Crippen molar-refractivity contribution in [1.82, 2.24) is 4.98 Å². The molecule has 2 aromatic rings. The zero-order valence-corrected chi connectivity index (χ0v) is 11.0. The summed E-state index contributed by atoms with van der Waals surface area (Å²) in [6, 6.07) is 9.28. The fourth-order valence-electron chi connectivity index (χ4n) is 1.42. The van der Waals surface area contributed by atoms with Crippen molar-refractivity contribution >= 4 is 15.9 Å². The summed E-state index contributed by atoms with van der Waals surface area (Å²) in [4.78, 5) is 4.13. The smallest absolute Gasteiger partial charge is 0.220 e. The standard InChI is InChI=1S/C13H8BrFN2O/c1-8-4-9(7-16)5-13(17-8)18-12-6-10(15)2-3-11(12)14/h2-6H,1H3. The predicted molar refractivity (Wildman–Crippen MR) is 67.9 cm³/mol. The van der Waals surface area contributed by atoms with Crippen LogP contribution >= 0.6 is 15.9 Å². The van der Waals surface area contributed by atoms with Gasteiger partial charge in [-0.1, -0.05) is 0 Å². The number of rotatable bonds is 2. The van der Waals surface area contributed by atoms with Gasteiger partial charge in [0.2, 0.25) is 5.88 Å². The van der Waals surface area contributed by atoms with E-state index in [0.717, 1.165) is 0 Å². The summed E-state index contributed by atoms with van der Waals surface area (Å²) in [5.74, 6) is 0.177. The van der Waals surface area contributed by atoms with Crippen LogP contribution in [0, 0.1) is 24.1 Å². The van der Waals surface area contributed by atoms with Crippen molar-refractivity contribution in [2.45, 2.75) is 6.92 Å². The maximum absolute atomic E-state index is 13.1. The summed E-state index contributed by atoms with van der Waals surface area (Å²) in [6.45, 7) is 1.76. The molecular weight excluding hydrogens is 299 g/mol. The molecule has 0 radical (unpaired) electrons. The van der Waals surface area contributed by atoms with Crippen LogP contribution < -0.4 is 4.74 Å². The van der Waals surface area contributed by atoms with Crippen molar-refractivity contribution in [3.63, 3.8) is 0 Å². The number of nitriles is 1. The molecule has 1 aromatic carbocycles. The molecule has 0 N–H and O–H groups in total. The van der Waals surface area contributed by atoms with Crippen molar-refractivity contribution < 1.29 is 9.13 Å². The van der Waals surface area contributed by atoms with E-state index in [-0.39, 0.29) is 5.88 Å². The van der Waals surface area contributed by atoms with E-state index in [4.69, 9.17) is 10.00 Å². The maximum Gasteiger partial charge on any atom is 0.220 e. The van der Waals surface area contributed by atoms with Gasteiger partial charge in [0.15, 0.2) is 0 Å². The summed E-state index contributed by atoms with van der Waals surface area (Å²) in [7, 11) is 0. The highest BCUT2D eigenvalue weighted by Gasteiger charge is 2.07. The summed E-state index contributed by atoms with van der Waals surface area (Å²) < 4.78 is 19.2. The summed E-state index contributed by atoms with van der Waals surface area (Å²) in [5.41, 5.74) is 1.11. The van der Waals surface area contributed by atoms with Gasteiger partial charge in [-0.05, 0) is 41.1 Å². The molecule has 0 aliphatic rings. The number of nitrogens with zero attached hydrogens (tertiary/aromatic N) is 2. The Labute approximate surface area is 112 Å². The molecule has 0 unspecified atom stereocenters. The molecule has 3 nitrogen and oxygen atoms in total. The van der Waals surface area contributed by atoms with E-state index in [9.17, 15) is 4.39 Å². The summed E-state index contributed by atoms with van der Waals surface area (Å²) >= 11 is 3.26. The van der Waals surface area contributed by atoms with Crippen LogP contribution in [0.1, 0.15) is 11.3 Å². The molecule has 0 saturated heterocycles. The second-order valence-corrected chi connectivity index (χ2v) is 4.48. The summed E-state index contributed by atoms with van der Waals surface area (Å²) in [6.07, 6.45) is 0. The normalized spacial score (nSPS) is 9.89. The predicted octanol–water partition coefficient (Wildman–Crippen LogP) is 3.96. The lowest BCUT2D eigenvalue weighted by Gasteiger charge is -2.07. The third-order valence-corrected chi connectivity index (χ3v) is 2.82. The Morgan fingerprint density at radius 2 is 2.11 bits per heavy atom. The van der Waals surface area contributed by atoms with Crippen LogP contribution in [-0.4, -0.2) is 4.98 Å². The Kier molecular flexibility index (Phi) is 3.58. The highest BCUT2D eigenvalue weighted by molar-refractivity contribution is 9.10. The zero-order valence-electron chi connectivity index (χ0n) is 9.45. The number of ether oxygens (including phenoxy) is 1. The van der Waals surface area contributed by atoms with Crippen molar-refractivity contribution in [1.29, 1.82) is 5.26 Å². The second kappa shape index (κ2) is 5.15. The molecule has 0 aliphatic carbocycles. The van der Waals surface area contributed by atoms with Gasteiger partial charge in [0.05, 0.1) is 16.1 Å². The van der Waals surface area contributed by atoms with Gasteiger partial charge in [-0.15, -0.1) is 0 Å². The Bertz CT molecular complexity index is 637. The van der Waals surface area contributed by atoms with Crippen LogP contribution in [-0.2, 0) is 0 Å². The van der Waals surface area contributed by atoms with Gasteiger partial charge in [0.1, 0.15) is 11.6 Å². The van der Waals surface area contributed by atoms with Gasteiger partial charge >= 0.3 is 0 Å². The monoisotopic (exact) mass is 306 g/mol. The minimum absolute atomic E-state index is 0.262. The molecule has 2 rings (SSSR count). The van der Waals surface area contributed by atoms with Crippen molar-refractivity contribution in [3.05, 3.63) is 51.9 Å². The van der Waals surface area contributed by atoms with Crippen molar-refractivity contribution in [3.8, 4) is 17.7 Å².